The SMILES string of the molecule is CC(C)CC(=O)Cc1nc(CSC(C)(C)C)no1. The van der Waals surface area contributed by atoms with Crippen molar-refractivity contribution < 1.29 is 9.32 Å². The van der Waals surface area contributed by atoms with E-state index in [1.54, 1.807) is 11.8 Å². The molecule has 18 heavy (non-hydrogen) atoms. The fraction of sp³-hybridized carbons (Fsp3) is 0.769. The molecule has 102 valence electrons. The van der Waals surface area contributed by atoms with E-state index in [1.807, 2.05) is 13.8 Å². The van der Waals surface area contributed by atoms with Crippen molar-refractivity contribution in [1.82, 2.24) is 10.1 Å². The summed E-state index contributed by atoms with van der Waals surface area (Å²) in [5.41, 5.74) is 0. The Labute approximate surface area is 113 Å². The molecule has 0 radical (unpaired) electrons. The third-order valence-electron chi connectivity index (χ3n) is 2.13. The maximum atomic E-state index is 11.6. The Morgan fingerprint density at radius 1 is 1.39 bits per heavy atom. The van der Waals surface area contributed by atoms with Crippen LogP contribution in [-0.4, -0.2) is 20.7 Å². The molecule has 0 aliphatic heterocycles. The Balaban J connectivity index is 2.46. The van der Waals surface area contributed by atoms with E-state index in [0.717, 1.165) is 0 Å². The molecule has 1 aromatic heterocycles. The molecule has 0 N–H and O–H groups in total. The molecule has 1 heterocycles. The number of carbonyl (C=O) groups is 1. The van der Waals surface area contributed by atoms with Crippen LogP contribution in [0.5, 0.6) is 0 Å². The van der Waals surface area contributed by atoms with Crippen molar-refractivity contribution in [3.05, 3.63) is 11.7 Å². The molecule has 1 aromatic rings. The summed E-state index contributed by atoms with van der Waals surface area (Å²) in [6.07, 6.45) is 0.819. The minimum absolute atomic E-state index is 0.156. The predicted octanol–water partition coefficient (Wildman–Crippen LogP) is 3.26. The Hall–Kier alpha value is -0.840. The highest BCUT2D eigenvalue weighted by Gasteiger charge is 2.15. The van der Waals surface area contributed by atoms with E-state index in [2.05, 4.69) is 30.9 Å². The molecule has 0 aliphatic rings. The molecular formula is C13H22N2O2S. The second-order valence-electron chi connectivity index (χ2n) is 5.82. The average Bonchev–Trinajstić information content (AvgIpc) is 2.60. The van der Waals surface area contributed by atoms with Gasteiger partial charge in [-0.3, -0.25) is 4.79 Å². The molecule has 0 unspecified atom stereocenters. The van der Waals surface area contributed by atoms with Crippen LogP contribution in [0.25, 0.3) is 0 Å². The van der Waals surface area contributed by atoms with E-state index in [0.29, 0.717) is 29.8 Å². The van der Waals surface area contributed by atoms with E-state index < -0.39 is 0 Å². The van der Waals surface area contributed by atoms with E-state index in [1.165, 1.54) is 0 Å². The minimum atomic E-state index is 0.156. The smallest absolute Gasteiger partial charge is 0.234 e. The van der Waals surface area contributed by atoms with Gasteiger partial charge >= 0.3 is 0 Å². The van der Waals surface area contributed by atoms with Gasteiger partial charge in [-0.1, -0.05) is 39.8 Å². The maximum absolute atomic E-state index is 11.6. The van der Waals surface area contributed by atoms with Crippen LogP contribution < -0.4 is 0 Å². The summed E-state index contributed by atoms with van der Waals surface area (Å²) in [5.74, 6) is 2.35. The summed E-state index contributed by atoms with van der Waals surface area (Å²) in [6.45, 7) is 10.5. The number of hydrogen-bond acceptors (Lipinski definition) is 5. The van der Waals surface area contributed by atoms with Gasteiger partial charge in [0.1, 0.15) is 5.78 Å². The lowest BCUT2D eigenvalue weighted by Crippen LogP contribution is -2.08. The van der Waals surface area contributed by atoms with Crippen LogP contribution in [0.4, 0.5) is 0 Å². The summed E-state index contributed by atoms with van der Waals surface area (Å²) < 4.78 is 5.26. The van der Waals surface area contributed by atoms with Crippen LogP contribution in [-0.2, 0) is 17.0 Å². The molecule has 0 spiro atoms. The predicted molar refractivity (Wildman–Crippen MR) is 73.5 cm³/mol. The van der Waals surface area contributed by atoms with E-state index in [4.69, 9.17) is 4.52 Å². The van der Waals surface area contributed by atoms with Crippen molar-refractivity contribution in [1.29, 1.82) is 0 Å². The third-order valence-corrected chi connectivity index (χ3v) is 3.40. The monoisotopic (exact) mass is 270 g/mol. The Morgan fingerprint density at radius 2 is 2.06 bits per heavy atom. The molecule has 0 atom stereocenters. The number of hydrogen-bond donors (Lipinski definition) is 0. The van der Waals surface area contributed by atoms with Gasteiger partial charge in [0, 0.05) is 11.2 Å². The standard InChI is InChI=1S/C13H22N2O2S/c1-9(2)6-10(16)7-12-14-11(15-17-12)8-18-13(3,4)5/h9H,6-8H2,1-5H3. The van der Waals surface area contributed by atoms with Crippen molar-refractivity contribution >= 4 is 17.5 Å². The van der Waals surface area contributed by atoms with Crippen LogP contribution in [0.1, 0.15) is 52.8 Å². The van der Waals surface area contributed by atoms with Gasteiger partial charge in [-0.2, -0.15) is 4.98 Å². The number of rotatable bonds is 6. The normalized spacial score (nSPS) is 12.1. The molecule has 0 saturated heterocycles. The van der Waals surface area contributed by atoms with Gasteiger partial charge in [-0.05, 0) is 5.92 Å². The minimum Gasteiger partial charge on any atom is -0.339 e. The van der Waals surface area contributed by atoms with Gasteiger partial charge < -0.3 is 4.52 Å². The fourth-order valence-corrected chi connectivity index (χ4v) is 2.08. The van der Waals surface area contributed by atoms with Crippen LogP contribution in [0.2, 0.25) is 0 Å². The van der Waals surface area contributed by atoms with Crippen molar-refractivity contribution in [2.45, 2.75) is 58.0 Å². The number of Topliss-reactive ketones (excluding diaryl/α,β-unsaturated/α-hetero) is 1. The molecule has 5 heteroatoms. The molecule has 0 aliphatic carbocycles. The van der Waals surface area contributed by atoms with Crippen molar-refractivity contribution in [2.75, 3.05) is 0 Å². The molecule has 0 fully saturated rings. The van der Waals surface area contributed by atoms with Gasteiger partial charge in [-0.15, -0.1) is 11.8 Å². The van der Waals surface area contributed by atoms with Gasteiger partial charge in [0.25, 0.3) is 0 Å². The fourth-order valence-electron chi connectivity index (χ4n) is 1.40. The van der Waals surface area contributed by atoms with Gasteiger partial charge in [-0.25, -0.2) is 0 Å². The number of nitrogens with zero attached hydrogens (tertiary/aromatic N) is 2. The lowest BCUT2D eigenvalue weighted by molar-refractivity contribution is -0.119. The molecule has 0 aromatic carbocycles. The quantitative estimate of drug-likeness (QED) is 0.794. The van der Waals surface area contributed by atoms with Crippen molar-refractivity contribution in [2.24, 2.45) is 5.92 Å². The summed E-state index contributed by atoms with van der Waals surface area (Å²) in [6, 6.07) is 0. The maximum Gasteiger partial charge on any atom is 0.234 e. The van der Waals surface area contributed by atoms with Crippen LogP contribution >= 0.6 is 11.8 Å². The molecule has 0 amide bonds. The first-order chi connectivity index (χ1) is 8.26. The van der Waals surface area contributed by atoms with E-state index >= 15 is 0 Å². The highest BCUT2D eigenvalue weighted by atomic mass is 32.2. The summed E-state index contributed by atoms with van der Waals surface area (Å²) >= 11 is 1.76. The summed E-state index contributed by atoms with van der Waals surface area (Å²) in [7, 11) is 0. The number of aromatic nitrogens is 2. The Kier molecular flexibility index (Phi) is 5.38. The first-order valence-electron chi connectivity index (χ1n) is 6.23. The van der Waals surface area contributed by atoms with Crippen LogP contribution in [0.15, 0.2) is 4.52 Å². The highest BCUT2D eigenvalue weighted by molar-refractivity contribution is 7.99. The molecule has 4 nitrogen and oxygen atoms in total. The summed E-state index contributed by atoms with van der Waals surface area (Å²) in [5, 5.41) is 3.89. The second-order valence-corrected chi connectivity index (χ2v) is 7.62. The van der Waals surface area contributed by atoms with Crippen LogP contribution in [0, 0.1) is 5.92 Å². The zero-order chi connectivity index (χ0) is 13.8. The van der Waals surface area contributed by atoms with Gasteiger partial charge in [0.2, 0.25) is 5.89 Å². The van der Waals surface area contributed by atoms with E-state index in [9.17, 15) is 4.79 Å². The van der Waals surface area contributed by atoms with Crippen molar-refractivity contribution in [3.63, 3.8) is 0 Å². The Morgan fingerprint density at radius 3 is 2.61 bits per heavy atom. The molecular weight excluding hydrogens is 248 g/mol. The average molecular weight is 270 g/mol. The largest absolute Gasteiger partial charge is 0.339 e. The topological polar surface area (TPSA) is 56.0 Å². The Bertz CT molecular complexity index is 394. The number of carbonyl (C=O) groups excluding carboxylic acids is 1. The zero-order valence-corrected chi connectivity index (χ0v) is 12.6. The van der Waals surface area contributed by atoms with Gasteiger partial charge in [0.15, 0.2) is 5.82 Å². The second kappa shape index (κ2) is 6.36. The first kappa shape index (κ1) is 15.2. The van der Waals surface area contributed by atoms with Crippen LogP contribution in [0.3, 0.4) is 0 Å². The number of thioether (sulfide) groups is 1. The van der Waals surface area contributed by atoms with Crippen molar-refractivity contribution in [3.8, 4) is 0 Å². The summed E-state index contributed by atoms with van der Waals surface area (Å²) in [4.78, 5) is 15.9. The van der Waals surface area contributed by atoms with E-state index in [-0.39, 0.29) is 17.0 Å². The zero-order valence-electron chi connectivity index (χ0n) is 11.8. The van der Waals surface area contributed by atoms with Gasteiger partial charge in [0.05, 0.1) is 12.2 Å². The lowest BCUT2D eigenvalue weighted by Gasteiger charge is -2.15. The first-order valence-corrected chi connectivity index (χ1v) is 7.22. The molecule has 1 rings (SSSR count). The highest BCUT2D eigenvalue weighted by Crippen LogP contribution is 2.26. The molecule has 0 saturated carbocycles. The molecule has 0 bridgehead atoms. The third kappa shape index (κ3) is 6.19. The lowest BCUT2D eigenvalue weighted by atomic mass is 10.1. The number of ketones is 1.